The minimum absolute atomic E-state index is 0.141. The number of aromatic amines is 1. The van der Waals surface area contributed by atoms with Crippen LogP contribution in [0.5, 0.6) is 5.75 Å². The second-order valence-corrected chi connectivity index (χ2v) is 7.00. The predicted octanol–water partition coefficient (Wildman–Crippen LogP) is 1.69. The fraction of sp³-hybridized carbons (Fsp3) is 0.368. The van der Waals surface area contributed by atoms with Crippen LogP contribution in [0.4, 0.5) is 0 Å². The van der Waals surface area contributed by atoms with Crippen LogP contribution in [0.15, 0.2) is 24.3 Å². The van der Waals surface area contributed by atoms with Gasteiger partial charge in [-0.1, -0.05) is 12.1 Å². The van der Waals surface area contributed by atoms with Crippen molar-refractivity contribution >= 4 is 5.91 Å². The highest BCUT2D eigenvalue weighted by atomic mass is 16.5. The summed E-state index contributed by atoms with van der Waals surface area (Å²) in [5.41, 5.74) is 2.41. The summed E-state index contributed by atoms with van der Waals surface area (Å²) in [5.74, 6) is 3.10. The first kappa shape index (κ1) is 16.0. The molecule has 0 bridgehead atoms. The average Bonchev–Trinajstić information content (AvgIpc) is 3.38. The van der Waals surface area contributed by atoms with Crippen LogP contribution in [0.2, 0.25) is 0 Å². The van der Waals surface area contributed by atoms with E-state index in [2.05, 4.69) is 36.1 Å². The van der Waals surface area contributed by atoms with Gasteiger partial charge in [0.15, 0.2) is 11.6 Å². The number of imidazole rings is 1. The largest absolute Gasteiger partial charge is 0.497 e. The van der Waals surface area contributed by atoms with Crippen LogP contribution in [-0.2, 0) is 19.4 Å². The van der Waals surface area contributed by atoms with E-state index in [9.17, 15) is 4.79 Å². The summed E-state index contributed by atoms with van der Waals surface area (Å²) in [4.78, 5) is 20.5. The smallest absolute Gasteiger partial charge is 0.271 e. The number of aryl methyl sites for hydroxylation is 1. The molecule has 1 aromatic carbocycles. The van der Waals surface area contributed by atoms with Gasteiger partial charge in [-0.2, -0.15) is 0 Å². The minimum Gasteiger partial charge on any atom is -0.497 e. The van der Waals surface area contributed by atoms with Crippen molar-refractivity contribution in [2.75, 3.05) is 13.7 Å². The second-order valence-electron chi connectivity index (χ2n) is 7.00. The number of fused-ring (bicyclic) bond motifs is 2. The van der Waals surface area contributed by atoms with Crippen LogP contribution in [0.1, 0.15) is 39.9 Å². The third kappa shape index (κ3) is 2.68. The van der Waals surface area contributed by atoms with E-state index in [1.54, 1.807) is 7.11 Å². The number of H-pyrrole nitrogens is 1. The van der Waals surface area contributed by atoms with Crippen LogP contribution in [0, 0.1) is 0 Å². The topological polar surface area (TPSA) is 97.7 Å². The summed E-state index contributed by atoms with van der Waals surface area (Å²) >= 11 is 0. The zero-order valence-corrected chi connectivity index (χ0v) is 15.0. The van der Waals surface area contributed by atoms with Crippen LogP contribution < -0.4 is 10.1 Å². The van der Waals surface area contributed by atoms with E-state index in [-0.39, 0.29) is 11.8 Å². The molecule has 0 saturated heterocycles. The number of nitrogens with zero attached hydrogens (tertiary/aromatic N) is 4. The lowest BCUT2D eigenvalue weighted by Crippen LogP contribution is -2.26. The van der Waals surface area contributed by atoms with E-state index in [0.29, 0.717) is 30.3 Å². The first-order valence-corrected chi connectivity index (χ1v) is 9.16. The predicted molar refractivity (Wildman–Crippen MR) is 97.7 cm³/mol. The van der Waals surface area contributed by atoms with E-state index in [4.69, 9.17) is 4.74 Å². The van der Waals surface area contributed by atoms with Crippen LogP contribution >= 0.6 is 0 Å². The van der Waals surface area contributed by atoms with Gasteiger partial charge in [0.25, 0.3) is 5.91 Å². The quantitative estimate of drug-likeness (QED) is 0.737. The van der Waals surface area contributed by atoms with Gasteiger partial charge in [-0.15, -0.1) is 10.2 Å². The van der Waals surface area contributed by atoms with Gasteiger partial charge in [0.05, 0.1) is 7.11 Å². The highest BCUT2D eigenvalue weighted by molar-refractivity contribution is 5.94. The standard InChI is InChI=1S/C19H20N6O2/c1-27-13-5-2-4-11(8-13)12-9-14-16(19(26)20-10-12)22-17(21-14)18-24-23-15-6-3-7-25(15)18/h2,4-5,8,12H,3,6-7,9-10H2,1H3,(H,20,26)(H,21,22)/t12-/m1/s1. The van der Waals surface area contributed by atoms with Crippen molar-refractivity contribution in [3.8, 4) is 17.4 Å². The normalized spacial score (nSPS) is 18.6. The Balaban J connectivity index is 1.51. The highest BCUT2D eigenvalue weighted by Gasteiger charge is 2.28. The Morgan fingerprint density at radius 3 is 3.11 bits per heavy atom. The molecule has 0 spiro atoms. The van der Waals surface area contributed by atoms with Gasteiger partial charge in [-0.3, -0.25) is 4.79 Å². The first-order chi connectivity index (χ1) is 13.2. The maximum atomic E-state index is 12.6. The van der Waals surface area contributed by atoms with Gasteiger partial charge in [-0.05, 0) is 30.5 Å². The van der Waals surface area contributed by atoms with Gasteiger partial charge in [0.1, 0.15) is 17.3 Å². The Hall–Kier alpha value is -3.16. The number of carbonyl (C=O) groups excluding carboxylic acids is 1. The monoisotopic (exact) mass is 364 g/mol. The summed E-state index contributed by atoms with van der Waals surface area (Å²) in [6, 6.07) is 7.97. The lowest BCUT2D eigenvalue weighted by atomic mass is 9.94. The van der Waals surface area contributed by atoms with Crippen molar-refractivity contribution in [1.82, 2.24) is 30.0 Å². The molecule has 8 heteroatoms. The molecule has 0 fully saturated rings. The molecule has 2 aliphatic heterocycles. The van der Waals surface area contributed by atoms with E-state index < -0.39 is 0 Å². The number of hydrogen-bond donors (Lipinski definition) is 2. The molecule has 0 aliphatic carbocycles. The Kier molecular flexibility index (Phi) is 3.70. The van der Waals surface area contributed by atoms with Gasteiger partial charge in [-0.25, -0.2) is 4.98 Å². The number of carbonyl (C=O) groups is 1. The molecule has 2 aliphatic rings. The Morgan fingerprint density at radius 1 is 1.30 bits per heavy atom. The van der Waals surface area contributed by atoms with E-state index in [0.717, 1.165) is 42.2 Å². The summed E-state index contributed by atoms with van der Waals surface area (Å²) in [6.07, 6.45) is 2.69. The SMILES string of the molecule is COc1cccc([C@H]2CNC(=O)c3nc(-c4nnc5n4CCC5)[nH]c3C2)c1. The molecule has 138 valence electrons. The summed E-state index contributed by atoms with van der Waals surface area (Å²) in [7, 11) is 1.66. The van der Waals surface area contributed by atoms with Gasteiger partial charge >= 0.3 is 0 Å². The number of nitrogens with one attached hydrogen (secondary N) is 2. The van der Waals surface area contributed by atoms with Crippen molar-refractivity contribution in [1.29, 1.82) is 0 Å². The molecular formula is C19H20N6O2. The van der Waals surface area contributed by atoms with Gasteiger partial charge in [0, 0.05) is 31.1 Å². The van der Waals surface area contributed by atoms with Crippen LogP contribution in [0.3, 0.4) is 0 Å². The van der Waals surface area contributed by atoms with Crippen molar-refractivity contribution in [2.24, 2.45) is 0 Å². The molecule has 0 unspecified atom stereocenters. The molecule has 5 rings (SSSR count). The maximum Gasteiger partial charge on any atom is 0.271 e. The average molecular weight is 364 g/mol. The van der Waals surface area contributed by atoms with E-state index >= 15 is 0 Å². The van der Waals surface area contributed by atoms with Crippen molar-refractivity contribution in [3.63, 3.8) is 0 Å². The Morgan fingerprint density at radius 2 is 2.22 bits per heavy atom. The molecule has 8 nitrogen and oxygen atoms in total. The zero-order chi connectivity index (χ0) is 18.4. The van der Waals surface area contributed by atoms with Gasteiger partial charge in [0.2, 0.25) is 0 Å². The van der Waals surface area contributed by atoms with Crippen molar-refractivity contribution in [2.45, 2.75) is 31.7 Å². The lowest BCUT2D eigenvalue weighted by Gasteiger charge is -2.15. The van der Waals surface area contributed by atoms with E-state index in [1.165, 1.54) is 0 Å². The van der Waals surface area contributed by atoms with Crippen molar-refractivity contribution < 1.29 is 9.53 Å². The molecule has 0 radical (unpaired) electrons. The number of methoxy groups -OCH3 is 1. The second kappa shape index (κ2) is 6.22. The number of amides is 1. The Bertz CT molecular complexity index is 1020. The van der Waals surface area contributed by atoms with Gasteiger partial charge < -0.3 is 19.6 Å². The molecule has 27 heavy (non-hydrogen) atoms. The molecule has 1 amide bonds. The Labute approximate surface area is 156 Å². The molecule has 2 N–H and O–H groups in total. The third-order valence-corrected chi connectivity index (χ3v) is 5.34. The zero-order valence-electron chi connectivity index (χ0n) is 15.0. The number of rotatable bonds is 3. The van der Waals surface area contributed by atoms with Crippen LogP contribution in [0.25, 0.3) is 11.6 Å². The number of hydrogen-bond acceptors (Lipinski definition) is 5. The molecule has 0 saturated carbocycles. The minimum atomic E-state index is -0.154. The molecule has 3 aromatic rings. The van der Waals surface area contributed by atoms with Crippen LogP contribution in [-0.4, -0.2) is 44.3 Å². The fourth-order valence-corrected chi connectivity index (χ4v) is 3.93. The molecule has 2 aromatic heterocycles. The van der Waals surface area contributed by atoms with E-state index in [1.807, 2.05) is 18.2 Å². The number of ether oxygens (including phenoxy) is 1. The molecule has 1 atom stereocenters. The first-order valence-electron chi connectivity index (χ1n) is 9.16. The van der Waals surface area contributed by atoms with Crippen molar-refractivity contribution in [3.05, 3.63) is 47.0 Å². The maximum absolute atomic E-state index is 12.6. The lowest BCUT2D eigenvalue weighted by molar-refractivity contribution is 0.0950. The molecular weight excluding hydrogens is 344 g/mol. The number of benzene rings is 1. The highest BCUT2D eigenvalue weighted by Crippen LogP contribution is 2.29. The third-order valence-electron chi connectivity index (χ3n) is 5.34. The summed E-state index contributed by atoms with van der Waals surface area (Å²) in [6.45, 7) is 1.45. The fourth-order valence-electron chi connectivity index (χ4n) is 3.93. The summed E-state index contributed by atoms with van der Waals surface area (Å²) < 4.78 is 7.42. The summed E-state index contributed by atoms with van der Waals surface area (Å²) in [5, 5.41) is 11.5. The molecule has 4 heterocycles. The number of aromatic nitrogens is 5.